The number of nitrogens with one attached hydrogen (secondary N) is 1. The maximum atomic E-state index is 5.90. The van der Waals surface area contributed by atoms with E-state index in [0.29, 0.717) is 6.10 Å². The molecule has 1 atom stereocenters. The third-order valence-electron chi connectivity index (χ3n) is 3.46. The summed E-state index contributed by atoms with van der Waals surface area (Å²) in [5.41, 5.74) is 2.89. The molecule has 1 aliphatic heterocycles. The predicted molar refractivity (Wildman–Crippen MR) is 75.8 cm³/mol. The maximum Gasteiger partial charge on any atom is 0.0828 e. The van der Waals surface area contributed by atoms with Crippen LogP contribution in [0.15, 0.2) is 24.3 Å². The van der Waals surface area contributed by atoms with Crippen molar-refractivity contribution in [3.63, 3.8) is 0 Å². The summed E-state index contributed by atoms with van der Waals surface area (Å²) in [5.74, 6) is 0.733. The van der Waals surface area contributed by atoms with Gasteiger partial charge < -0.3 is 10.1 Å². The molecule has 0 radical (unpaired) electrons. The Balaban J connectivity index is 1.77. The molecule has 18 heavy (non-hydrogen) atoms. The standard InChI is InChI=1S/C16H25NO/c1-13(2)12-17-10-5-8-16-15-7-4-3-6-14(15)9-11-18-16/h3-4,6-7,13,16-17H,5,8-12H2,1-2H3. The van der Waals surface area contributed by atoms with Crippen molar-refractivity contribution in [3.8, 4) is 0 Å². The summed E-state index contributed by atoms with van der Waals surface area (Å²) in [5, 5.41) is 3.49. The molecule has 0 saturated carbocycles. The van der Waals surface area contributed by atoms with Gasteiger partial charge in [-0.25, -0.2) is 0 Å². The Hall–Kier alpha value is -0.860. The van der Waals surface area contributed by atoms with E-state index in [0.717, 1.165) is 38.5 Å². The summed E-state index contributed by atoms with van der Waals surface area (Å²) in [4.78, 5) is 0. The van der Waals surface area contributed by atoms with Crippen LogP contribution in [0.1, 0.15) is 43.9 Å². The number of rotatable bonds is 6. The maximum absolute atomic E-state index is 5.90. The predicted octanol–water partition coefficient (Wildman–Crippen LogP) is 3.33. The van der Waals surface area contributed by atoms with Gasteiger partial charge in [0.25, 0.3) is 0 Å². The van der Waals surface area contributed by atoms with E-state index in [4.69, 9.17) is 4.74 Å². The quantitative estimate of drug-likeness (QED) is 0.779. The molecule has 1 aromatic rings. The molecule has 2 rings (SSSR count). The van der Waals surface area contributed by atoms with Crippen molar-refractivity contribution >= 4 is 0 Å². The lowest BCUT2D eigenvalue weighted by atomic mass is 9.95. The SMILES string of the molecule is CC(C)CNCCCC1OCCc2ccccc21. The second-order valence-electron chi connectivity index (χ2n) is 5.55. The first-order chi connectivity index (χ1) is 8.77. The van der Waals surface area contributed by atoms with E-state index >= 15 is 0 Å². The van der Waals surface area contributed by atoms with Gasteiger partial charge in [0.05, 0.1) is 12.7 Å². The van der Waals surface area contributed by atoms with Crippen LogP contribution in [-0.2, 0) is 11.2 Å². The van der Waals surface area contributed by atoms with E-state index in [1.54, 1.807) is 0 Å². The van der Waals surface area contributed by atoms with Gasteiger partial charge in [-0.1, -0.05) is 38.1 Å². The molecule has 0 aliphatic carbocycles. The Bertz CT molecular complexity index is 362. The Kier molecular flexibility index (Phi) is 5.21. The van der Waals surface area contributed by atoms with Crippen LogP contribution in [0.3, 0.4) is 0 Å². The highest BCUT2D eigenvalue weighted by atomic mass is 16.5. The molecule has 1 heterocycles. The van der Waals surface area contributed by atoms with Gasteiger partial charge >= 0.3 is 0 Å². The van der Waals surface area contributed by atoms with Crippen LogP contribution in [0, 0.1) is 5.92 Å². The molecule has 0 fully saturated rings. The van der Waals surface area contributed by atoms with Gasteiger partial charge in [0.2, 0.25) is 0 Å². The minimum Gasteiger partial charge on any atom is -0.373 e. The molecule has 1 unspecified atom stereocenters. The molecular formula is C16H25NO. The van der Waals surface area contributed by atoms with Crippen molar-refractivity contribution in [2.45, 2.75) is 39.2 Å². The first kappa shape index (κ1) is 13.6. The van der Waals surface area contributed by atoms with Crippen LogP contribution in [0.5, 0.6) is 0 Å². The van der Waals surface area contributed by atoms with Gasteiger partial charge in [0, 0.05) is 0 Å². The summed E-state index contributed by atoms with van der Waals surface area (Å²) in [7, 11) is 0. The Labute approximate surface area is 111 Å². The lowest BCUT2D eigenvalue weighted by Crippen LogP contribution is -2.22. The van der Waals surface area contributed by atoms with Crippen molar-refractivity contribution in [1.82, 2.24) is 5.32 Å². The molecule has 1 aromatic carbocycles. The Morgan fingerprint density at radius 2 is 2.17 bits per heavy atom. The average molecular weight is 247 g/mol. The van der Waals surface area contributed by atoms with E-state index in [-0.39, 0.29) is 0 Å². The first-order valence-corrected chi connectivity index (χ1v) is 7.17. The molecule has 0 saturated heterocycles. The van der Waals surface area contributed by atoms with Crippen molar-refractivity contribution < 1.29 is 4.74 Å². The molecule has 0 amide bonds. The van der Waals surface area contributed by atoms with Gasteiger partial charge in [-0.15, -0.1) is 0 Å². The monoisotopic (exact) mass is 247 g/mol. The van der Waals surface area contributed by atoms with Crippen LogP contribution in [-0.4, -0.2) is 19.7 Å². The van der Waals surface area contributed by atoms with Crippen LogP contribution < -0.4 is 5.32 Å². The van der Waals surface area contributed by atoms with Crippen molar-refractivity contribution in [1.29, 1.82) is 0 Å². The van der Waals surface area contributed by atoms with Crippen molar-refractivity contribution in [2.75, 3.05) is 19.7 Å². The summed E-state index contributed by atoms with van der Waals surface area (Å²) >= 11 is 0. The topological polar surface area (TPSA) is 21.3 Å². The zero-order valence-corrected chi connectivity index (χ0v) is 11.6. The highest BCUT2D eigenvalue weighted by molar-refractivity contribution is 5.30. The van der Waals surface area contributed by atoms with Crippen molar-refractivity contribution in [3.05, 3.63) is 35.4 Å². The van der Waals surface area contributed by atoms with Crippen molar-refractivity contribution in [2.24, 2.45) is 5.92 Å². The number of fused-ring (bicyclic) bond motifs is 1. The first-order valence-electron chi connectivity index (χ1n) is 7.17. The minimum absolute atomic E-state index is 0.316. The highest BCUT2D eigenvalue weighted by Crippen LogP contribution is 2.30. The zero-order valence-electron chi connectivity index (χ0n) is 11.6. The second-order valence-corrected chi connectivity index (χ2v) is 5.55. The van der Waals surface area contributed by atoms with Gasteiger partial charge in [-0.2, -0.15) is 0 Å². The number of ether oxygens (including phenoxy) is 1. The number of hydrogen-bond donors (Lipinski definition) is 1. The molecule has 1 aliphatic rings. The minimum atomic E-state index is 0.316. The second kappa shape index (κ2) is 6.91. The molecule has 100 valence electrons. The highest BCUT2D eigenvalue weighted by Gasteiger charge is 2.19. The molecule has 0 aromatic heterocycles. The molecule has 1 N–H and O–H groups in total. The Morgan fingerprint density at radius 1 is 1.33 bits per heavy atom. The average Bonchev–Trinajstić information content (AvgIpc) is 2.38. The fraction of sp³-hybridized carbons (Fsp3) is 0.625. The fourth-order valence-corrected chi connectivity index (χ4v) is 2.52. The summed E-state index contributed by atoms with van der Waals surface area (Å²) in [6.07, 6.45) is 3.70. The van der Waals surface area contributed by atoms with Gasteiger partial charge in [-0.3, -0.25) is 0 Å². The molecule has 2 nitrogen and oxygen atoms in total. The zero-order chi connectivity index (χ0) is 12.8. The molecule has 2 heteroatoms. The van der Waals surface area contributed by atoms with E-state index < -0.39 is 0 Å². The van der Waals surface area contributed by atoms with Gasteiger partial charge in [0.1, 0.15) is 0 Å². The summed E-state index contributed by atoms with van der Waals surface area (Å²) in [6.45, 7) is 7.57. The van der Waals surface area contributed by atoms with Crippen LogP contribution in [0.25, 0.3) is 0 Å². The third-order valence-corrected chi connectivity index (χ3v) is 3.46. The lowest BCUT2D eigenvalue weighted by molar-refractivity contribution is 0.0353. The third kappa shape index (κ3) is 3.82. The Morgan fingerprint density at radius 3 is 3.00 bits per heavy atom. The lowest BCUT2D eigenvalue weighted by Gasteiger charge is -2.26. The number of benzene rings is 1. The fourth-order valence-electron chi connectivity index (χ4n) is 2.52. The van der Waals surface area contributed by atoms with Gasteiger partial charge in [0.15, 0.2) is 0 Å². The molecule has 0 bridgehead atoms. The van der Waals surface area contributed by atoms with Crippen LogP contribution in [0.4, 0.5) is 0 Å². The van der Waals surface area contributed by atoms with E-state index in [1.807, 2.05) is 0 Å². The number of hydrogen-bond acceptors (Lipinski definition) is 2. The molecular weight excluding hydrogens is 222 g/mol. The smallest absolute Gasteiger partial charge is 0.0828 e. The van der Waals surface area contributed by atoms with E-state index in [2.05, 4.69) is 43.4 Å². The van der Waals surface area contributed by atoms with Crippen LogP contribution in [0.2, 0.25) is 0 Å². The molecule has 0 spiro atoms. The van der Waals surface area contributed by atoms with E-state index in [1.165, 1.54) is 17.5 Å². The van der Waals surface area contributed by atoms with Crippen LogP contribution >= 0.6 is 0 Å². The summed E-state index contributed by atoms with van der Waals surface area (Å²) < 4.78 is 5.90. The largest absolute Gasteiger partial charge is 0.373 e. The summed E-state index contributed by atoms with van der Waals surface area (Å²) in [6, 6.07) is 8.71. The normalized spacial score (nSPS) is 18.9. The van der Waals surface area contributed by atoms with E-state index in [9.17, 15) is 0 Å². The van der Waals surface area contributed by atoms with Gasteiger partial charge in [-0.05, 0) is 49.4 Å².